The molecule has 7 fully saturated rings. The van der Waals surface area contributed by atoms with Crippen LogP contribution in [0.15, 0.2) is 0 Å². The standard InChI is InChI=1S/C18H18N2O6S3/c21-7-1-9-13(23)11-5(7)3-17(27-9)15(25)20-12-6-4-18(20,16(26)19(11)17)29-28-10(14(12)24)2-8(6)22/h5-6,9-14,23-24H,1-4H2. The number of thioether (sulfide) groups is 1. The summed E-state index contributed by atoms with van der Waals surface area (Å²) in [7, 11) is 2.61. The molecule has 5 saturated heterocycles. The fourth-order valence-corrected chi connectivity index (χ4v) is 12.2. The lowest BCUT2D eigenvalue weighted by atomic mass is 9.80. The minimum absolute atomic E-state index is 0.0102. The summed E-state index contributed by atoms with van der Waals surface area (Å²) in [5.74, 6) is -1.58. The molecule has 8 nitrogen and oxygen atoms in total. The summed E-state index contributed by atoms with van der Waals surface area (Å²) in [5, 5.41) is 21.1. The molecule has 0 spiro atoms. The van der Waals surface area contributed by atoms with Crippen LogP contribution < -0.4 is 0 Å². The van der Waals surface area contributed by atoms with E-state index in [9.17, 15) is 29.4 Å². The van der Waals surface area contributed by atoms with E-state index in [2.05, 4.69) is 0 Å². The summed E-state index contributed by atoms with van der Waals surface area (Å²) in [6.07, 6.45) is -0.791. The highest BCUT2D eigenvalue weighted by Crippen LogP contribution is 2.68. The van der Waals surface area contributed by atoms with E-state index >= 15 is 0 Å². The van der Waals surface area contributed by atoms with E-state index in [1.807, 2.05) is 0 Å². The number of fused-ring (bicyclic) bond motifs is 2. The van der Waals surface area contributed by atoms with Gasteiger partial charge in [0, 0.05) is 42.8 Å². The average molecular weight is 455 g/mol. The third-order valence-electron chi connectivity index (χ3n) is 8.05. The van der Waals surface area contributed by atoms with Crippen molar-refractivity contribution in [3.8, 4) is 0 Å². The Morgan fingerprint density at radius 1 is 0.793 bits per heavy atom. The maximum atomic E-state index is 14.1. The van der Waals surface area contributed by atoms with Crippen LogP contribution in [-0.2, 0) is 19.2 Å². The third kappa shape index (κ3) is 1.73. The van der Waals surface area contributed by atoms with E-state index in [1.54, 1.807) is 0 Å². The predicted octanol–water partition coefficient (Wildman–Crippen LogP) is -0.627. The predicted molar refractivity (Wildman–Crippen MR) is 105 cm³/mol. The lowest BCUT2D eigenvalue weighted by molar-refractivity contribution is -0.171. The Morgan fingerprint density at radius 2 is 1.31 bits per heavy atom. The molecular formula is C18H18N2O6S3. The lowest BCUT2D eigenvalue weighted by Crippen LogP contribution is -2.77. The van der Waals surface area contributed by atoms with Crippen molar-refractivity contribution >= 4 is 56.7 Å². The van der Waals surface area contributed by atoms with Crippen molar-refractivity contribution in [1.29, 1.82) is 0 Å². The number of ketones is 2. The SMILES string of the molecule is O=C1CC2SSC34CC1C(C2O)N3C(=O)C12CC3C(=O)CC(S1)C(O)C3N2C4=O. The quantitative estimate of drug-likeness (QED) is 0.462. The van der Waals surface area contributed by atoms with Crippen LogP contribution >= 0.6 is 33.3 Å². The van der Waals surface area contributed by atoms with E-state index in [0.717, 1.165) is 0 Å². The Morgan fingerprint density at radius 3 is 2.00 bits per heavy atom. The van der Waals surface area contributed by atoms with Gasteiger partial charge in [-0.05, 0) is 0 Å². The highest BCUT2D eigenvalue weighted by molar-refractivity contribution is 8.77. The molecule has 0 aromatic heterocycles. The minimum atomic E-state index is -1.24. The first-order valence-corrected chi connectivity index (χ1v) is 13.0. The molecule has 2 amide bonds. The molecule has 2 saturated carbocycles. The smallest absolute Gasteiger partial charge is 0.261 e. The zero-order valence-electron chi connectivity index (χ0n) is 15.1. The van der Waals surface area contributed by atoms with Crippen LogP contribution in [0.5, 0.6) is 0 Å². The lowest BCUT2D eigenvalue weighted by Gasteiger charge is -2.58. The minimum Gasteiger partial charge on any atom is -0.390 e. The Bertz CT molecular complexity index is 931. The number of hydrogen-bond acceptors (Lipinski definition) is 9. The Balaban J connectivity index is 1.44. The second-order valence-corrected chi connectivity index (χ2v) is 13.5. The molecule has 0 aromatic rings. The van der Waals surface area contributed by atoms with Crippen LogP contribution in [0.4, 0.5) is 0 Å². The molecule has 2 aliphatic carbocycles. The van der Waals surface area contributed by atoms with Crippen LogP contribution in [-0.4, -0.2) is 87.9 Å². The zero-order valence-corrected chi connectivity index (χ0v) is 17.5. The first-order valence-electron chi connectivity index (χ1n) is 9.91. The molecule has 11 heteroatoms. The maximum absolute atomic E-state index is 14.1. The number of nitrogens with zero attached hydrogens (tertiary/aromatic N) is 2. The van der Waals surface area contributed by atoms with Crippen LogP contribution in [0.2, 0.25) is 0 Å². The van der Waals surface area contributed by atoms with E-state index in [1.165, 1.54) is 43.1 Å². The second-order valence-electron chi connectivity index (χ2n) is 9.22. The van der Waals surface area contributed by atoms with Crippen molar-refractivity contribution in [2.24, 2.45) is 11.8 Å². The van der Waals surface area contributed by atoms with Crippen molar-refractivity contribution in [3.05, 3.63) is 0 Å². The number of aliphatic hydroxyl groups is 2. The van der Waals surface area contributed by atoms with Gasteiger partial charge in [0.15, 0.2) is 9.74 Å². The number of carbonyl (C=O) groups is 4. The highest BCUT2D eigenvalue weighted by atomic mass is 33.1. The van der Waals surface area contributed by atoms with Gasteiger partial charge in [-0.3, -0.25) is 19.2 Å². The normalized spacial score (nSPS) is 56.8. The van der Waals surface area contributed by atoms with E-state index in [0.29, 0.717) is 0 Å². The number of Topliss-reactive ketones (excluding diaryl/α,β-unsaturated/α-hetero) is 2. The number of hydrogen-bond donors (Lipinski definition) is 2. The number of piperazine rings is 1. The van der Waals surface area contributed by atoms with E-state index < -0.39 is 51.1 Å². The van der Waals surface area contributed by atoms with Crippen LogP contribution in [0, 0.1) is 11.8 Å². The summed E-state index contributed by atoms with van der Waals surface area (Å²) in [5.41, 5.74) is 0. The monoisotopic (exact) mass is 454 g/mol. The van der Waals surface area contributed by atoms with Crippen LogP contribution in [0.25, 0.3) is 0 Å². The van der Waals surface area contributed by atoms with Crippen LogP contribution in [0.3, 0.4) is 0 Å². The molecule has 7 rings (SSSR count). The summed E-state index contributed by atoms with van der Waals surface area (Å²) in [6.45, 7) is 0. The molecule has 0 radical (unpaired) electrons. The Labute approximate surface area is 177 Å². The first-order chi connectivity index (χ1) is 13.8. The molecule has 6 bridgehead atoms. The van der Waals surface area contributed by atoms with Gasteiger partial charge < -0.3 is 20.0 Å². The molecular weight excluding hydrogens is 436 g/mol. The topological polar surface area (TPSA) is 115 Å². The number of carbonyl (C=O) groups excluding carboxylic acids is 4. The summed E-state index contributed by atoms with van der Waals surface area (Å²) in [6, 6.07) is -1.35. The average Bonchev–Trinajstić information content (AvgIpc) is 3.10. The van der Waals surface area contributed by atoms with Crippen LogP contribution in [0.1, 0.15) is 25.7 Å². The van der Waals surface area contributed by atoms with Gasteiger partial charge in [-0.25, -0.2) is 0 Å². The van der Waals surface area contributed by atoms with Gasteiger partial charge in [-0.15, -0.1) is 11.8 Å². The molecule has 10 unspecified atom stereocenters. The van der Waals surface area contributed by atoms with Crippen molar-refractivity contribution in [2.75, 3.05) is 0 Å². The van der Waals surface area contributed by atoms with Gasteiger partial charge in [0.25, 0.3) is 11.8 Å². The van der Waals surface area contributed by atoms with Gasteiger partial charge in [0.2, 0.25) is 0 Å². The Hall–Kier alpha value is -0.750. The molecule has 0 aromatic carbocycles. The maximum Gasteiger partial charge on any atom is 0.261 e. The number of amides is 2. The number of rotatable bonds is 0. The highest BCUT2D eigenvalue weighted by Gasteiger charge is 2.80. The fraction of sp³-hybridized carbons (Fsp3) is 0.778. The zero-order chi connectivity index (χ0) is 20.0. The van der Waals surface area contributed by atoms with E-state index in [4.69, 9.17) is 0 Å². The molecule has 29 heavy (non-hydrogen) atoms. The molecule has 5 heterocycles. The van der Waals surface area contributed by atoms with Gasteiger partial charge in [0.1, 0.15) is 11.6 Å². The van der Waals surface area contributed by atoms with Gasteiger partial charge in [-0.2, -0.15) is 0 Å². The van der Waals surface area contributed by atoms with Gasteiger partial charge in [0.05, 0.1) is 29.5 Å². The molecule has 10 atom stereocenters. The largest absolute Gasteiger partial charge is 0.390 e. The molecule has 5 aliphatic heterocycles. The van der Waals surface area contributed by atoms with Crippen molar-refractivity contribution in [3.63, 3.8) is 0 Å². The first kappa shape index (κ1) is 17.9. The van der Waals surface area contributed by atoms with Gasteiger partial charge >= 0.3 is 0 Å². The Kier molecular flexibility index (Phi) is 3.19. The number of aliphatic hydroxyl groups excluding tert-OH is 2. The third-order valence-corrected chi connectivity index (χ3v) is 13.2. The van der Waals surface area contributed by atoms with E-state index in [-0.39, 0.29) is 54.3 Å². The van der Waals surface area contributed by atoms with Gasteiger partial charge in [-0.1, -0.05) is 21.6 Å². The van der Waals surface area contributed by atoms with Crippen molar-refractivity contribution < 1.29 is 29.4 Å². The second kappa shape index (κ2) is 5.17. The molecule has 2 N–H and O–H groups in total. The summed E-state index contributed by atoms with van der Waals surface area (Å²) < 4.78 is 0. The fourth-order valence-electron chi connectivity index (χ4n) is 6.86. The molecule has 154 valence electrons. The summed E-state index contributed by atoms with van der Waals surface area (Å²) >= 11 is 1.24. The van der Waals surface area contributed by atoms with Crippen molar-refractivity contribution in [2.45, 2.75) is 70.2 Å². The summed E-state index contributed by atoms with van der Waals surface area (Å²) in [4.78, 5) is 54.1. The molecule has 7 aliphatic rings. The van der Waals surface area contributed by atoms with Crippen molar-refractivity contribution in [1.82, 2.24) is 9.80 Å².